The molecule has 0 fully saturated rings. The number of benzene rings is 4. The predicted octanol–water partition coefficient (Wildman–Crippen LogP) is 5.91. The Balaban J connectivity index is 1.41. The van der Waals surface area contributed by atoms with E-state index in [2.05, 4.69) is 16.0 Å². The number of ether oxygens (including phenoxy) is 2. The number of thioether (sulfide) groups is 1. The Morgan fingerprint density at radius 3 is 2.16 bits per heavy atom. The molecule has 0 radical (unpaired) electrons. The van der Waals surface area contributed by atoms with Crippen LogP contribution in [0.2, 0.25) is 0 Å². The molecule has 0 bridgehead atoms. The van der Waals surface area contributed by atoms with E-state index in [1.165, 1.54) is 18.9 Å². The molecule has 0 aromatic heterocycles. The van der Waals surface area contributed by atoms with Gasteiger partial charge in [0.25, 0.3) is 11.8 Å². The Bertz CT molecular complexity index is 1620. The Morgan fingerprint density at radius 1 is 0.818 bits per heavy atom. The van der Waals surface area contributed by atoms with Crippen LogP contribution >= 0.6 is 11.8 Å². The average Bonchev–Trinajstić information content (AvgIpc) is 3.04. The average molecular weight is 611 g/mol. The van der Waals surface area contributed by atoms with Gasteiger partial charge in [0, 0.05) is 42.0 Å². The lowest BCUT2D eigenvalue weighted by Crippen LogP contribution is -2.30. The summed E-state index contributed by atoms with van der Waals surface area (Å²) in [5.41, 5.74) is 3.35. The molecule has 4 rings (SSSR count). The minimum Gasteiger partial charge on any atom is -0.497 e. The summed E-state index contributed by atoms with van der Waals surface area (Å²) in [6.45, 7) is 0. The third kappa shape index (κ3) is 8.89. The van der Waals surface area contributed by atoms with Crippen molar-refractivity contribution in [2.75, 3.05) is 49.6 Å². The van der Waals surface area contributed by atoms with Gasteiger partial charge in [0.05, 0.1) is 25.7 Å². The van der Waals surface area contributed by atoms with Crippen molar-refractivity contribution in [2.24, 2.45) is 0 Å². The second kappa shape index (κ2) is 15.3. The minimum atomic E-state index is -0.474. The zero-order valence-electron chi connectivity index (χ0n) is 24.9. The maximum atomic E-state index is 13.4. The molecule has 0 aliphatic heterocycles. The highest BCUT2D eigenvalue weighted by Gasteiger charge is 2.16. The number of rotatable bonds is 12. The van der Waals surface area contributed by atoms with Crippen LogP contribution in [0.25, 0.3) is 6.08 Å². The van der Waals surface area contributed by atoms with Gasteiger partial charge >= 0.3 is 0 Å². The van der Waals surface area contributed by atoms with Gasteiger partial charge in [0.1, 0.15) is 17.2 Å². The van der Waals surface area contributed by atoms with Crippen LogP contribution in [-0.4, -0.2) is 51.8 Å². The molecule has 0 saturated heterocycles. The number of carbonyl (C=O) groups is 3. The van der Waals surface area contributed by atoms with Crippen LogP contribution in [-0.2, 0) is 9.59 Å². The summed E-state index contributed by atoms with van der Waals surface area (Å²) >= 11 is 1.35. The number of nitrogens with zero attached hydrogens (tertiary/aromatic N) is 1. The maximum Gasteiger partial charge on any atom is 0.272 e. The number of hydrogen-bond acceptors (Lipinski definition) is 7. The third-order valence-corrected chi connectivity index (χ3v) is 7.42. The molecule has 0 heterocycles. The van der Waals surface area contributed by atoms with E-state index in [1.807, 2.05) is 61.5 Å². The second-order valence-corrected chi connectivity index (χ2v) is 10.8. The van der Waals surface area contributed by atoms with Gasteiger partial charge in [-0.3, -0.25) is 14.4 Å². The number of carbonyl (C=O) groups excluding carboxylic acids is 3. The first-order chi connectivity index (χ1) is 21.2. The molecule has 9 nitrogen and oxygen atoms in total. The van der Waals surface area contributed by atoms with Gasteiger partial charge in [0.15, 0.2) is 0 Å². The van der Waals surface area contributed by atoms with Crippen molar-refractivity contribution in [1.82, 2.24) is 5.32 Å². The summed E-state index contributed by atoms with van der Waals surface area (Å²) in [6.07, 6.45) is 1.63. The molecule has 226 valence electrons. The molecule has 0 spiro atoms. The van der Waals surface area contributed by atoms with Crippen LogP contribution in [0.3, 0.4) is 0 Å². The van der Waals surface area contributed by atoms with Crippen molar-refractivity contribution < 1.29 is 23.9 Å². The molecule has 4 aromatic rings. The number of amides is 3. The zero-order chi connectivity index (χ0) is 31.5. The van der Waals surface area contributed by atoms with Crippen molar-refractivity contribution >= 4 is 52.6 Å². The smallest absolute Gasteiger partial charge is 0.272 e. The quantitative estimate of drug-likeness (QED) is 0.135. The SMILES string of the molecule is COc1ccc(OC)c(NC(=O)CSc2ccc(NC(=O)/C(=C/c3ccc(N(C)C)cc3)NC(=O)c3ccccc3)cc2)c1. The Labute approximate surface area is 261 Å². The molecule has 0 unspecified atom stereocenters. The fourth-order valence-corrected chi connectivity index (χ4v) is 4.76. The predicted molar refractivity (Wildman–Crippen MR) is 177 cm³/mol. The van der Waals surface area contributed by atoms with E-state index in [-0.39, 0.29) is 17.4 Å². The highest BCUT2D eigenvalue weighted by Crippen LogP contribution is 2.29. The van der Waals surface area contributed by atoms with E-state index < -0.39 is 11.8 Å². The number of nitrogens with one attached hydrogen (secondary N) is 3. The lowest BCUT2D eigenvalue weighted by Gasteiger charge is -2.14. The van der Waals surface area contributed by atoms with E-state index in [1.54, 1.807) is 67.8 Å². The summed E-state index contributed by atoms with van der Waals surface area (Å²) in [4.78, 5) is 41.7. The number of methoxy groups -OCH3 is 2. The molecular weight excluding hydrogens is 576 g/mol. The molecule has 0 atom stereocenters. The van der Waals surface area contributed by atoms with Crippen LogP contribution in [0.15, 0.2) is 108 Å². The Hall–Kier alpha value is -5.22. The molecule has 4 aromatic carbocycles. The summed E-state index contributed by atoms with van der Waals surface area (Å²) < 4.78 is 10.6. The molecular formula is C34H34N4O5S. The van der Waals surface area contributed by atoms with Gasteiger partial charge in [-0.2, -0.15) is 0 Å². The van der Waals surface area contributed by atoms with Gasteiger partial charge in [-0.25, -0.2) is 0 Å². The Kier molecular flexibility index (Phi) is 11.0. The second-order valence-electron chi connectivity index (χ2n) is 9.75. The normalized spacial score (nSPS) is 10.9. The van der Waals surface area contributed by atoms with E-state index in [0.717, 1.165) is 16.1 Å². The van der Waals surface area contributed by atoms with Gasteiger partial charge < -0.3 is 30.3 Å². The maximum absolute atomic E-state index is 13.4. The van der Waals surface area contributed by atoms with Crippen LogP contribution in [0, 0.1) is 0 Å². The number of anilines is 3. The minimum absolute atomic E-state index is 0.0968. The van der Waals surface area contributed by atoms with E-state index in [0.29, 0.717) is 28.4 Å². The molecule has 3 amide bonds. The van der Waals surface area contributed by atoms with Crippen molar-refractivity contribution in [3.63, 3.8) is 0 Å². The lowest BCUT2D eigenvalue weighted by atomic mass is 10.1. The van der Waals surface area contributed by atoms with Crippen LogP contribution in [0.5, 0.6) is 11.5 Å². The summed E-state index contributed by atoms with van der Waals surface area (Å²) in [5, 5.41) is 8.45. The summed E-state index contributed by atoms with van der Waals surface area (Å²) in [7, 11) is 6.98. The van der Waals surface area contributed by atoms with Gasteiger partial charge in [0.2, 0.25) is 5.91 Å². The van der Waals surface area contributed by atoms with Gasteiger partial charge in [-0.05, 0) is 72.3 Å². The van der Waals surface area contributed by atoms with E-state index in [9.17, 15) is 14.4 Å². The molecule has 3 N–H and O–H groups in total. The zero-order valence-corrected chi connectivity index (χ0v) is 25.7. The molecule has 0 aliphatic rings. The van der Waals surface area contributed by atoms with Crippen molar-refractivity contribution in [2.45, 2.75) is 4.90 Å². The van der Waals surface area contributed by atoms with Crippen molar-refractivity contribution in [1.29, 1.82) is 0 Å². The fraction of sp³-hybridized carbons (Fsp3) is 0.147. The highest BCUT2D eigenvalue weighted by atomic mass is 32.2. The standard InChI is InChI=1S/C34H34N4O5S/c1-38(2)26-14-10-23(11-15-26)20-30(37-33(40)24-8-6-5-7-9-24)34(41)35-25-12-17-28(18-13-25)44-22-32(39)36-29-21-27(42-3)16-19-31(29)43-4/h5-21H,22H2,1-4H3,(H,35,41)(H,36,39)(H,37,40)/b30-20-. The first kappa shape index (κ1) is 31.7. The first-order valence-electron chi connectivity index (χ1n) is 13.7. The fourth-order valence-electron chi connectivity index (χ4n) is 4.06. The molecule has 0 aliphatic carbocycles. The monoisotopic (exact) mass is 610 g/mol. The Morgan fingerprint density at radius 2 is 1.52 bits per heavy atom. The molecule has 10 heteroatoms. The summed E-state index contributed by atoms with van der Waals surface area (Å²) in [6, 6.07) is 28.6. The molecule has 0 saturated carbocycles. The van der Waals surface area contributed by atoms with Gasteiger partial charge in [-0.1, -0.05) is 30.3 Å². The van der Waals surface area contributed by atoms with Crippen molar-refractivity contribution in [3.8, 4) is 11.5 Å². The van der Waals surface area contributed by atoms with E-state index >= 15 is 0 Å². The van der Waals surface area contributed by atoms with Crippen molar-refractivity contribution in [3.05, 3.63) is 114 Å². The van der Waals surface area contributed by atoms with Crippen LogP contribution < -0.4 is 30.3 Å². The molecule has 44 heavy (non-hydrogen) atoms. The first-order valence-corrected chi connectivity index (χ1v) is 14.7. The number of hydrogen-bond donors (Lipinski definition) is 3. The third-order valence-electron chi connectivity index (χ3n) is 6.41. The van der Waals surface area contributed by atoms with Gasteiger partial charge in [-0.15, -0.1) is 11.8 Å². The summed E-state index contributed by atoms with van der Waals surface area (Å²) in [5.74, 6) is 0.222. The van der Waals surface area contributed by atoms with Crippen LogP contribution in [0.1, 0.15) is 15.9 Å². The van der Waals surface area contributed by atoms with E-state index in [4.69, 9.17) is 9.47 Å². The largest absolute Gasteiger partial charge is 0.497 e. The topological polar surface area (TPSA) is 109 Å². The lowest BCUT2D eigenvalue weighted by molar-refractivity contribution is -0.114. The van der Waals surface area contributed by atoms with Crippen LogP contribution in [0.4, 0.5) is 17.1 Å². The highest BCUT2D eigenvalue weighted by molar-refractivity contribution is 8.00.